The molecule has 0 saturated carbocycles. The molecule has 0 fully saturated rings. The first-order chi connectivity index (χ1) is 10.0. The summed E-state index contributed by atoms with van der Waals surface area (Å²) in [6.07, 6.45) is 0. The maximum absolute atomic E-state index is 12.1. The Hall–Kier alpha value is -3.33. The van der Waals surface area contributed by atoms with Gasteiger partial charge >= 0.3 is 0 Å². The van der Waals surface area contributed by atoms with Gasteiger partial charge in [0.05, 0.1) is 17.2 Å². The number of hydrogen-bond acceptors (Lipinski definition) is 4. The number of nitrogens with two attached hydrogens (primary N) is 1. The SMILES string of the molecule is N#Cc1ccc(O)c(C(=O)NC(=N)N)c1-c1ccccc1. The maximum Gasteiger partial charge on any atom is 0.262 e. The van der Waals surface area contributed by atoms with E-state index in [1.165, 1.54) is 12.1 Å². The highest BCUT2D eigenvalue weighted by Gasteiger charge is 2.21. The molecule has 0 aromatic heterocycles. The van der Waals surface area contributed by atoms with Crippen molar-refractivity contribution in [3.8, 4) is 22.9 Å². The summed E-state index contributed by atoms with van der Waals surface area (Å²) in [6.45, 7) is 0. The van der Waals surface area contributed by atoms with Crippen molar-refractivity contribution < 1.29 is 9.90 Å². The van der Waals surface area contributed by atoms with Crippen molar-refractivity contribution in [2.75, 3.05) is 0 Å². The molecule has 0 aliphatic heterocycles. The number of carbonyl (C=O) groups is 1. The van der Waals surface area contributed by atoms with Gasteiger partial charge in [0.25, 0.3) is 5.91 Å². The molecule has 6 heteroatoms. The summed E-state index contributed by atoms with van der Waals surface area (Å²) in [5, 5.41) is 28.4. The van der Waals surface area contributed by atoms with E-state index < -0.39 is 11.9 Å². The van der Waals surface area contributed by atoms with Crippen LogP contribution < -0.4 is 11.1 Å². The molecule has 0 heterocycles. The van der Waals surface area contributed by atoms with Gasteiger partial charge < -0.3 is 10.8 Å². The van der Waals surface area contributed by atoms with Crippen molar-refractivity contribution in [1.29, 1.82) is 10.7 Å². The average Bonchev–Trinajstić information content (AvgIpc) is 2.46. The summed E-state index contributed by atoms with van der Waals surface area (Å²) >= 11 is 0. The first kappa shape index (κ1) is 14.1. The van der Waals surface area contributed by atoms with E-state index in [4.69, 9.17) is 11.1 Å². The van der Waals surface area contributed by atoms with E-state index >= 15 is 0 Å². The number of nitrogens with zero attached hydrogens (tertiary/aromatic N) is 1. The van der Waals surface area contributed by atoms with E-state index in [-0.39, 0.29) is 16.9 Å². The number of benzene rings is 2. The van der Waals surface area contributed by atoms with Crippen molar-refractivity contribution in [3.05, 3.63) is 53.6 Å². The van der Waals surface area contributed by atoms with E-state index in [0.29, 0.717) is 11.1 Å². The van der Waals surface area contributed by atoms with Crippen molar-refractivity contribution in [1.82, 2.24) is 5.32 Å². The van der Waals surface area contributed by atoms with E-state index in [9.17, 15) is 15.2 Å². The summed E-state index contributed by atoms with van der Waals surface area (Å²) in [4.78, 5) is 12.1. The van der Waals surface area contributed by atoms with Crippen LogP contribution in [-0.2, 0) is 0 Å². The third-order valence-corrected chi connectivity index (χ3v) is 2.84. The van der Waals surface area contributed by atoms with Gasteiger partial charge in [-0.2, -0.15) is 5.26 Å². The number of rotatable bonds is 2. The lowest BCUT2D eigenvalue weighted by Crippen LogP contribution is -2.36. The number of phenolic OH excluding ortho intramolecular Hbond substituents is 1. The summed E-state index contributed by atoms with van der Waals surface area (Å²) in [5.74, 6) is -1.57. The van der Waals surface area contributed by atoms with Crippen LogP contribution in [0.2, 0.25) is 0 Å². The van der Waals surface area contributed by atoms with Crippen LogP contribution in [0.5, 0.6) is 5.75 Å². The molecule has 21 heavy (non-hydrogen) atoms. The highest BCUT2D eigenvalue weighted by Crippen LogP contribution is 2.33. The number of guanidine groups is 1. The smallest absolute Gasteiger partial charge is 0.262 e. The zero-order chi connectivity index (χ0) is 15.4. The third kappa shape index (κ3) is 2.82. The minimum Gasteiger partial charge on any atom is -0.507 e. The fraction of sp³-hybridized carbons (Fsp3) is 0. The predicted molar refractivity (Wildman–Crippen MR) is 77.6 cm³/mol. The van der Waals surface area contributed by atoms with Gasteiger partial charge in [-0.1, -0.05) is 30.3 Å². The van der Waals surface area contributed by atoms with Gasteiger partial charge in [-0.3, -0.25) is 15.5 Å². The van der Waals surface area contributed by atoms with Crippen LogP contribution in [0.15, 0.2) is 42.5 Å². The lowest BCUT2D eigenvalue weighted by Gasteiger charge is -2.13. The van der Waals surface area contributed by atoms with Crippen molar-refractivity contribution in [3.63, 3.8) is 0 Å². The predicted octanol–water partition coefficient (Wildman–Crippen LogP) is 1.55. The molecule has 0 saturated heterocycles. The van der Waals surface area contributed by atoms with Crippen molar-refractivity contribution in [2.45, 2.75) is 0 Å². The normalized spacial score (nSPS) is 9.67. The molecule has 0 spiro atoms. The zero-order valence-electron chi connectivity index (χ0n) is 10.9. The number of hydrogen-bond donors (Lipinski definition) is 4. The molecular weight excluding hydrogens is 268 g/mol. The lowest BCUT2D eigenvalue weighted by molar-refractivity contribution is 0.0974. The molecular formula is C15H12N4O2. The van der Waals surface area contributed by atoms with Crippen molar-refractivity contribution >= 4 is 11.9 Å². The number of aromatic hydroxyl groups is 1. The zero-order valence-corrected chi connectivity index (χ0v) is 10.9. The van der Waals surface area contributed by atoms with Gasteiger partial charge in [-0.05, 0) is 17.7 Å². The van der Waals surface area contributed by atoms with Gasteiger partial charge in [-0.25, -0.2) is 0 Å². The quantitative estimate of drug-likeness (QED) is 0.492. The Balaban J connectivity index is 2.72. The molecule has 0 aliphatic carbocycles. The van der Waals surface area contributed by atoms with Gasteiger partial charge in [0.2, 0.25) is 0 Å². The Morgan fingerprint density at radius 1 is 1.24 bits per heavy atom. The van der Waals surface area contributed by atoms with E-state index in [1.807, 2.05) is 6.07 Å². The second kappa shape index (κ2) is 5.75. The van der Waals surface area contributed by atoms with Crippen LogP contribution in [0.3, 0.4) is 0 Å². The van der Waals surface area contributed by atoms with Crippen LogP contribution in [0.25, 0.3) is 11.1 Å². The molecule has 5 N–H and O–H groups in total. The fourth-order valence-electron chi connectivity index (χ4n) is 2.00. The highest BCUT2D eigenvalue weighted by molar-refractivity contribution is 6.10. The molecule has 0 bridgehead atoms. The van der Waals surface area contributed by atoms with Gasteiger partial charge in [-0.15, -0.1) is 0 Å². The van der Waals surface area contributed by atoms with E-state index in [2.05, 4.69) is 5.32 Å². The molecule has 0 atom stereocenters. The molecule has 0 aliphatic rings. The second-order valence-electron chi connectivity index (χ2n) is 4.23. The van der Waals surface area contributed by atoms with Gasteiger partial charge in [0, 0.05) is 5.56 Å². The number of nitriles is 1. The minimum atomic E-state index is -0.740. The molecule has 2 aromatic carbocycles. The summed E-state index contributed by atoms with van der Waals surface area (Å²) in [7, 11) is 0. The highest BCUT2D eigenvalue weighted by atomic mass is 16.3. The minimum absolute atomic E-state index is 0.0875. The van der Waals surface area contributed by atoms with Crippen LogP contribution >= 0.6 is 0 Å². The molecule has 2 rings (SSSR count). The molecule has 104 valence electrons. The molecule has 0 unspecified atom stereocenters. The topological polar surface area (TPSA) is 123 Å². The Morgan fingerprint density at radius 2 is 1.90 bits per heavy atom. The van der Waals surface area contributed by atoms with Crippen molar-refractivity contribution in [2.24, 2.45) is 5.73 Å². The summed E-state index contributed by atoms with van der Waals surface area (Å²) in [6, 6.07) is 13.4. The first-order valence-electron chi connectivity index (χ1n) is 6.01. The van der Waals surface area contributed by atoms with Gasteiger partial charge in [0.1, 0.15) is 5.75 Å². The summed E-state index contributed by atoms with van der Waals surface area (Å²) in [5.41, 5.74) is 6.21. The van der Waals surface area contributed by atoms with Crippen LogP contribution in [0.1, 0.15) is 15.9 Å². The standard InChI is InChI=1S/C15H12N4O2/c16-8-10-6-7-11(20)13(14(21)19-15(17)18)12(10)9-4-2-1-3-5-9/h1-7,20H,(H4,17,18,19,21). The first-order valence-corrected chi connectivity index (χ1v) is 6.01. The summed E-state index contributed by atoms with van der Waals surface area (Å²) < 4.78 is 0. The largest absolute Gasteiger partial charge is 0.507 e. The average molecular weight is 280 g/mol. The fourth-order valence-corrected chi connectivity index (χ4v) is 2.00. The number of amides is 1. The number of nitrogens with one attached hydrogen (secondary N) is 2. The Labute approximate surface area is 121 Å². The Bertz CT molecular complexity index is 748. The van der Waals surface area contributed by atoms with E-state index in [0.717, 1.165) is 0 Å². The number of carbonyl (C=O) groups excluding carboxylic acids is 1. The monoisotopic (exact) mass is 280 g/mol. The second-order valence-corrected chi connectivity index (χ2v) is 4.23. The lowest BCUT2D eigenvalue weighted by atomic mass is 9.93. The third-order valence-electron chi connectivity index (χ3n) is 2.84. The molecule has 6 nitrogen and oxygen atoms in total. The maximum atomic E-state index is 12.1. The molecule has 2 aromatic rings. The number of phenols is 1. The Morgan fingerprint density at radius 3 is 2.48 bits per heavy atom. The van der Waals surface area contributed by atoms with Crippen LogP contribution in [-0.4, -0.2) is 17.0 Å². The molecule has 0 radical (unpaired) electrons. The van der Waals surface area contributed by atoms with E-state index in [1.54, 1.807) is 30.3 Å². The van der Waals surface area contributed by atoms with Crippen LogP contribution in [0, 0.1) is 16.7 Å². The Kier molecular flexibility index (Phi) is 3.86. The van der Waals surface area contributed by atoms with Gasteiger partial charge in [0.15, 0.2) is 5.96 Å². The molecule has 1 amide bonds. The van der Waals surface area contributed by atoms with Crippen LogP contribution in [0.4, 0.5) is 0 Å².